The number of nitrogens with one attached hydrogen (secondary N) is 1. The van der Waals surface area contributed by atoms with Gasteiger partial charge in [0.25, 0.3) is 0 Å². The molecular weight excluding hydrogens is 274 g/mol. The van der Waals surface area contributed by atoms with Gasteiger partial charge in [0.05, 0.1) is 16.7 Å². The van der Waals surface area contributed by atoms with E-state index >= 15 is 0 Å². The average Bonchev–Trinajstić information content (AvgIpc) is 2.27. The summed E-state index contributed by atoms with van der Waals surface area (Å²) in [5.41, 5.74) is 0.276. The first-order valence-corrected chi connectivity index (χ1v) is 7.17. The molecule has 0 bridgehead atoms. The summed E-state index contributed by atoms with van der Waals surface area (Å²) < 4.78 is 26.0. The van der Waals surface area contributed by atoms with Crippen LogP contribution in [-0.4, -0.2) is 38.9 Å². The summed E-state index contributed by atoms with van der Waals surface area (Å²) in [6.07, 6.45) is 0. The lowest BCUT2D eigenvalue weighted by Gasteiger charge is -2.34. The Labute approximate surface area is 111 Å². The molecule has 1 aliphatic heterocycles. The number of benzene rings is 1. The molecule has 1 aromatic rings. The van der Waals surface area contributed by atoms with Gasteiger partial charge in [-0.15, -0.1) is 0 Å². The molecule has 5 nitrogen and oxygen atoms in total. The molecule has 1 N–H and O–H groups in total. The van der Waals surface area contributed by atoms with E-state index in [1.807, 2.05) is 6.07 Å². The zero-order chi connectivity index (χ0) is 13.3. The molecule has 0 saturated carbocycles. The van der Waals surface area contributed by atoms with Crippen molar-refractivity contribution in [2.24, 2.45) is 0 Å². The quantitative estimate of drug-likeness (QED) is 0.892. The summed E-state index contributed by atoms with van der Waals surface area (Å²) in [6, 6.07) is 6.08. The zero-order valence-corrected chi connectivity index (χ0v) is 11.3. The fourth-order valence-corrected chi connectivity index (χ4v) is 3.50. The Morgan fingerprint density at radius 1 is 1.50 bits per heavy atom. The molecule has 0 amide bonds. The molecule has 0 unspecified atom stereocenters. The molecular formula is C11H12ClN3O2S. The summed E-state index contributed by atoms with van der Waals surface area (Å²) in [5, 5.41) is 12.0. The van der Waals surface area contributed by atoms with E-state index in [0.29, 0.717) is 13.1 Å². The molecule has 0 radical (unpaired) electrons. The van der Waals surface area contributed by atoms with Gasteiger partial charge in [-0.3, -0.25) is 0 Å². The lowest BCUT2D eigenvalue weighted by Crippen LogP contribution is -2.57. The Balaban J connectivity index is 2.43. The highest BCUT2D eigenvalue weighted by Crippen LogP contribution is 2.26. The predicted octanol–water partition coefficient (Wildman–Crippen LogP) is 0.804. The molecule has 0 spiro atoms. The third kappa shape index (κ3) is 2.22. The van der Waals surface area contributed by atoms with Crippen molar-refractivity contribution >= 4 is 21.6 Å². The first-order valence-electron chi connectivity index (χ1n) is 5.35. The Hall–Kier alpha value is -1.13. The second-order valence-corrected chi connectivity index (χ2v) is 6.46. The van der Waals surface area contributed by atoms with Gasteiger partial charge < -0.3 is 5.32 Å². The highest BCUT2D eigenvalue weighted by Gasteiger charge is 2.32. The second-order valence-electron chi connectivity index (χ2n) is 4.09. The SMILES string of the molecule is CN(C1CNC1)S(=O)(=O)c1cc(C#N)ccc1Cl. The zero-order valence-electron chi connectivity index (χ0n) is 9.72. The van der Waals surface area contributed by atoms with Gasteiger partial charge in [0.15, 0.2) is 0 Å². The van der Waals surface area contributed by atoms with Gasteiger partial charge in [-0.1, -0.05) is 11.6 Å². The largest absolute Gasteiger partial charge is 0.313 e. The highest BCUT2D eigenvalue weighted by atomic mass is 35.5. The van der Waals surface area contributed by atoms with E-state index in [1.54, 1.807) is 0 Å². The number of halogens is 1. The Morgan fingerprint density at radius 3 is 2.67 bits per heavy atom. The maximum absolute atomic E-state index is 12.4. The Morgan fingerprint density at radius 2 is 2.17 bits per heavy atom. The standard InChI is InChI=1S/C11H12ClN3O2S/c1-15(9-6-14-7-9)18(16,17)11-4-8(5-13)2-3-10(11)12/h2-4,9,14H,6-7H2,1H3. The van der Waals surface area contributed by atoms with E-state index in [0.717, 1.165) is 0 Å². The van der Waals surface area contributed by atoms with E-state index in [2.05, 4.69) is 5.32 Å². The van der Waals surface area contributed by atoms with Gasteiger partial charge in [0, 0.05) is 26.2 Å². The van der Waals surface area contributed by atoms with Crippen molar-refractivity contribution in [2.45, 2.75) is 10.9 Å². The normalized spacial score (nSPS) is 16.3. The third-order valence-corrected chi connectivity index (χ3v) is 5.38. The van der Waals surface area contributed by atoms with Crippen LogP contribution in [0.25, 0.3) is 0 Å². The summed E-state index contributed by atoms with van der Waals surface area (Å²) in [6.45, 7) is 1.26. The number of hydrogen-bond donors (Lipinski definition) is 1. The molecule has 0 aromatic heterocycles. The first kappa shape index (κ1) is 13.3. The maximum atomic E-state index is 12.4. The number of nitriles is 1. The van der Waals surface area contributed by atoms with Crippen LogP contribution < -0.4 is 5.32 Å². The van der Waals surface area contributed by atoms with E-state index in [1.165, 1.54) is 29.6 Å². The minimum absolute atomic E-state index is 0.0161. The maximum Gasteiger partial charge on any atom is 0.244 e. The van der Waals surface area contributed by atoms with Crippen LogP contribution in [-0.2, 0) is 10.0 Å². The minimum atomic E-state index is -3.65. The van der Waals surface area contributed by atoms with Gasteiger partial charge in [-0.05, 0) is 18.2 Å². The van der Waals surface area contributed by atoms with Crippen molar-refractivity contribution < 1.29 is 8.42 Å². The number of hydrogen-bond acceptors (Lipinski definition) is 4. The molecule has 0 atom stereocenters. The van der Waals surface area contributed by atoms with E-state index < -0.39 is 10.0 Å². The Bertz CT molecular complexity index is 605. The summed E-state index contributed by atoms with van der Waals surface area (Å²) in [4.78, 5) is -0.0161. The molecule has 1 heterocycles. The number of sulfonamides is 1. The molecule has 96 valence electrons. The van der Waals surface area contributed by atoms with Crippen molar-refractivity contribution in [1.29, 1.82) is 5.26 Å². The fraction of sp³-hybridized carbons (Fsp3) is 0.364. The van der Waals surface area contributed by atoms with Crippen LogP contribution in [0.3, 0.4) is 0 Å². The van der Waals surface area contributed by atoms with E-state index in [-0.39, 0.29) is 21.5 Å². The van der Waals surface area contributed by atoms with E-state index in [9.17, 15) is 8.42 Å². The van der Waals surface area contributed by atoms with Crippen LogP contribution in [0.1, 0.15) is 5.56 Å². The van der Waals surface area contributed by atoms with Crippen LogP contribution in [0, 0.1) is 11.3 Å². The summed E-state index contributed by atoms with van der Waals surface area (Å²) in [5.74, 6) is 0. The fourth-order valence-electron chi connectivity index (χ4n) is 1.65. The molecule has 18 heavy (non-hydrogen) atoms. The van der Waals surface area contributed by atoms with Crippen LogP contribution in [0.2, 0.25) is 5.02 Å². The Kier molecular flexibility index (Phi) is 3.59. The van der Waals surface area contributed by atoms with Crippen molar-refractivity contribution in [3.63, 3.8) is 0 Å². The molecule has 7 heteroatoms. The van der Waals surface area contributed by atoms with Crippen LogP contribution >= 0.6 is 11.6 Å². The number of nitrogens with zero attached hydrogens (tertiary/aromatic N) is 2. The minimum Gasteiger partial charge on any atom is -0.313 e. The monoisotopic (exact) mass is 285 g/mol. The lowest BCUT2D eigenvalue weighted by molar-refractivity contribution is 0.274. The van der Waals surface area contributed by atoms with Crippen LogP contribution in [0.15, 0.2) is 23.1 Å². The van der Waals surface area contributed by atoms with Gasteiger partial charge in [0.1, 0.15) is 4.90 Å². The highest BCUT2D eigenvalue weighted by molar-refractivity contribution is 7.89. The van der Waals surface area contributed by atoms with Gasteiger partial charge in [-0.25, -0.2) is 8.42 Å². The van der Waals surface area contributed by atoms with Crippen molar-refractivity contribution in [3.05, 3.63) is 28.8 Å². The van der Waals surface area contributed by atoms with Gasteiger partial charge in [-0.2, -0.15) is 9.57 Å². The molecule has 1 aromatic carbocycles. The lowest BCUT2D eigenvalue weighted by atomic mass is 10.2. The molecule has 1 saturated heterocycles. The first-order chi connectivity index (χ1) is 8.46. The topological polar surface area (TPSA) is 73.2 Å². The number of rotatable bonds is 3. The van der Waals surface area contributed by atoms with Gasteiger partial charge in [0.2, 0.25) is 10.0 Å². The van der Waals surface area contributed by atoms with E-state index in [4.69, 9.17) is 16.9 Å². The van der Waals surface area contributed by atoms with Crippen molar-refractivity contribution in [3.8, 4) is 6.07 Å². The van der Waals surface area contributed by atoms with Crippen LogP contribution in [0.5, 0.6) is 0 Å². The predicted molar refractivity (Wildman–Crippen MR) is 67.8 cm³/mol. The average molecular weight is 286 g/mol. The third-order valence-electron chi connectivity index (χ3n) is 2.99. The summed E-state index contributed by atoms with van der Waals surface area (Å²) >= 11 is 5.92. The smallest absolute Gasteiger partial charge is 0.244 e. The second kappa shape index (κ2) is 4.86. The van der Waals surface area contributed by atoms with Crippen LogP contribution in [0.4, 0.5) is 0 Å². The van der Waals surface area contributed by atoms with Crippen molar-refractivity contribution in [2.75, 3.05) is 20.1 Å². The number of likely N-dealkylation sites (N-methyl/N-ethyl adjacent to an activating group) is 1. The van der Waals surface area contributed by atoms with Gasteiger partial charge >= 0.3 is 0 Å². The molecule has 1 fully saturated rings. The molecule has 0 aliphatic carbocycles. The van der Waals surface area contributed by atoms with Crippen molar-refractivity contribution in [1.82, 2.24) is 9.62 Å². The molecule has 2 rings (SSSR count). The summed E-state index contributed by atoms with van der Waals surface area (Å²) in [7, 11) is -2.13. The molecule has 1 aliphatic rings.